The average Bonchev–Trinajstić information content (AvgIpc) is 3.14. The number of aliphatic hydroxyl groups excluding tert-OH is 1. The number of hydrogen-bond acceptors (Lipinski definition) is 7. The van der Waals surface area contributed by atoms with Gasteiger partial charge in [0.1, 0.15) is 24.1 Å². The van der Waals surface area contributed by atoms with Gasteiger partial charge in [-0.05, 0) is 54.0 Å². The summed E-state index contributed by atoms with van der Waals surface area (Å²) in [7, 11) is -2.93. The summed E-state index contributed by atoms with van der Waals surface area (Å²) in [4.78, 5) is 26.6. The summed E-state index contributed by atoms with van der Waals surface area (Å²) < 4.78 is 27.2. The quantitative estimate of drug-likeness (QED) is 0.420. The molecule has 1 saturated heterocycles. The van der Waals surface area contributed by atoms with Gasteiger partial charge >= 0.3 is 5.69 Å². The van der Waals surface area contributed by atoms with Gasteiger partial charge in [0, 0.05) is 12.3 Å². The van der Waals surface area contributed by atoms with E-state index in [0.29, 0.717) is 5.75 Å². The molecule has 0 amide bonds. The fraction of sp³-hybridized carbons (Fsp3) is 0.655. The van der Waals surface area contributed by atoms with Crippen LogP contribution in [0.15, 0.2) is 46.1 Å². The van der Waals surface area contributed by atoms with Crippen molar-refractivity contribution in [1.82, 2.24) is 9.13 Å². The first-order chi connectivity index (χ1) is 18.3. The van der Waals surface area contributed by atoms with Gasteiger partial charge < -0.3 is 23.4 Å². The highest BCUT2D eigenvalue weighted by Gasteiger charge is 2.51. The Balaban J connectivity index is 2.00. The van der Waals surface area contributed by atoms with E-state index in [1.165, 1.54) is 21.4 Å². The maximum atomic E-state index is 13.7. The first-order valence-corrected chi connectivity index (χ1v) is 19.7. The molecule has 224 valence electrons. The van der Waals surface area contributed by atoms with E-state index >= 15 is 0 Å². The lowest BCUT2D eigenvalue weighted by atomic mass is 10.1. The molecule has 1 N–H and O–H groups in total. The maximum absolute atomic E-state index is 13.7. The standard InChI is InChI=1S/C29H48N2O7Si2/c1-28(2,3)39(8,9)36-19-22-24(33)25(38-40(10,11)29(4,5)6)26(37-22)30-17-16-23(32)31(27(30)34)18-20-12-14-21(35-7)15-13-20/h12-17,22,24-26,33H,18-19H2,1-11H3/t22-,24-,25-,26-/m1/s1. The Morgan fingerprint density at radius 3 is 2.02 bits per heavy atom. The Morgan fingerprint density at radius 2 is 1.50 bits per heavy atom. The van der Waals surface area contributed by atoms with E-state index in [0.717, 1.165) is 5.56 Å². The number of nitrogens with zero attached hydrogens (tertiary/aromatic N) is 2. The van der Waals surface area contributed by atoms with Gasteiger partial charge in [0.15, 0.2) is 22.9 Å². The summed E-state index contributed by atoms with van der Waals surface area (Å²) in [6.45, 7) is 21.6. The fourth-order valence-electron chi connectivity index (χ4n) is 4.02. The molecule has 3 rings (SSSR count). The largest absolute Gasteiger partial charge is 0.497 e. The molecule has 1 aliphatic heterocycles. The molecular formula is C29H48N2O7Si2. The van der Waals surface area contributed by atoms with Gasteiger partial charge in [-0.15, -0.1) is 0 Å². The third kappa shape index (κ3) is 6.88. The van der Waals surface area contributed by atoms with Gasteiger partial charge in [-0.25, -0.2) is 4.79 Å². The molecule has 9 nitrogen and oxygen atoms in total. The Bertz CT molecular complexity index is 1270. The number of ether oxygens (including phenoxy) is 2. The lowest BCUT2D eigenvalue weighted by molar-refractivity contribution is -0.0520. The third-order valence-corrected chi connectivity index (χ3v) is 17.8. The molecule has 0 radical (unpaired) electrons. The Hall–Kier alpha value is -2.03. The van der Waals surface area contributed by atoms with E-state index in [1.807, 2.05) is 12.1 Å². The molecule has 0 spiro atoms. The monoisotopic (exact) mass is 592 g/mol. The molecular weight excluding hydrogens is 544 g/mol. The van der Waals surface area contributed by atoms with E-state index in [2.05, 4.69) is 67.7 Å². The molecule has 0 bridgehead atoms. The Labute approximate surface area is 240 Å². The SMILES string of the molecule is COc1ccc(Cn2c(=O)ccn([C@@H]3O[C@H](CO[Si](C)(C)C(C)(C)C)[C@@H](O)[C@H]3O[Si](C)(C)C(C)(C)C)c2=O)cc1. The summed E-state index contributed by atoms with van der Waals surface area (Å²) in [5.41, 5.74) is -0.176. The van der Waals surface area contributed by atoms with Gasteiger partial charge in [0.25, 0.3) is 5.56 Å². The normalized spacial score (nSPS) is 22.5. The predicted molar refractivity (Wildman–Crippen MR) is 162 cm³/mol. The van der Waals surface area contributed by atoms with Crippen LogP contribution in [0.1, 0.15) is 53.3 Å². The van der Waals surface area contributed by atoms with Crippen molar-refractivity contribution >= 4 is 16.6 Å². The van der Waals surface area contributed by atoms with Crippen molar-refractivity contribution in [3.8, 4) is 5.75 Å². The van der Waals surface area contributed by atoms with Crippen LogP contribution in [0.2, 0.25) is 36.3 Å². The van der Waals surface area contributed by atoms with Gasteiger partial charge in [-0.1, -0.05) is 53.7 Å². The molecule has 1 aromatic carbocycles. The first-order valence-electron chi connectivity index (χ1n) is 13.9. The molecule has 11 heteroatoms. The van der Waals surface area contributed by atoms with Crippen molar-refractivity contribution in [2.75, 3.05) is 13.7 Å². The number of hydrogen-bond donors (Lipinski definition) is 1. The third-order valence-electron chi connectivity index (χ3n) is 8.83. The minimum absolute atomic E-state index is 0.0130. The van der Waals surface area contributed by atoms with Crippen molar-refractivity contribution in [3.63, 3.8) is 0 Å². The van der Waals surface area contributed by atoms with Crippen LogP contribution in [0.3, 0.4) is 0 Å². The van der Waals surface area contributed by atoms with Crippen molar-refractivity contribution in [3.05, 3.63) is 62.9 Å². The lowest BCUT2D eigenvalue weighted by Crippen LogP contribution is -2.50. The number of rotatable bonds is 9. The summed E-state index contributed by atoms with van der Waals surface area (Å²) >= 11 is 0. The van der Waals surface area contributed by atoms with Gasteiger partial charge in [0.05, 0.1) is 20.3 Å². The second-order valence-corrected chi connectivity index (χ2v) is 23.3. The molecule has 0 unspecified atom stereocenters. The van der Waals surface area contributed by atoms with Crippen LogP contribution in [0.5, 0.6) is 5.75 Å². The highest BCUT2D eigenvalue weighted by atomic mass is 28.4. The van der Waals surface area contributed by atoms with Gasteiger partial charge in [-0.2, -0.15) is 0 Å². The van der Waals surface area contributed by atoms with E-state index in [9.17, 15) is 14.7 Å². The summed E-state index contributed by atoms with van der Waals surface area (Å²) in [5.74, 6) is 0.687. The van der Waals surface area contributed by atoms with Crippen LogP contribution in [0, 0.1) is 0 Å². The van der Waals surface area contributed by atoms with Crippen molar-refractivity contribution in [1.29, 1.82) is 0 Å². The second-order valence-electron chi connectivity index (χ2n) is 13.7. The number of methoxy groups -OCH3 is 1. The molecule has 40 heavy (non-hydrogen) atoms. The second kappa shape index (κ2) is 11.7. The highest BCUT2D eigenvalue weighted by molar-refractivity contribution is 6.74. The topological polar surface area (TPSA) is 101 Å². The smallest absolute Gasteiger partial charge is 0.333 e. The van der Waals surface area contributed by atoms with Crippen LogP contribution in [0.4, 0.5) is 0 Å². The zero-order valence-corrected chi connectivity index (χ0v) is 28.0. The predicted octanol–water partition coefficient (Wildman–Crippen LogP) is 4.74. The molecule has 2 aromatic rings. The lowest BCUT2D eigenvalue weighted by Gasteiger charge is -2.40. The van der Waals surface area contributed by atoms with Crippen LogP contribution < -0.4 is 16.0 Å². The number of aliphatic hydroxyl groups is 1. The zero-order chi connectivity index (χ0) is 30.3. The minimum atomic E-state index is -2.39. The zero-order valence-electron chi connectivity index (χ0n) is 26.0. The fourth-order valence-corrected chi connectivity index (χ4v) is 6.32. The molecule has 0 aliphatic carbocycles. The molecule has 1 fully saturated rings. The van der Waals surface area contributed by atoms with Gasteiger partial charge in [0.2, 0.25) is 0 Å². The maximum Gasteiger partial charge on any atom is 0.333 e. The van der Waals surface area contributed by atoms with Crippen LogP contribution in [-0.4, -0.2) is 62.9 Å². The number of aromatic nitrogens is 2. The van der Waals surface area contributed by atoms with E-state index < -0.39 is 52.4 Å². The van der Waals surface area contributed by atoms with Crippen molar-refractivity contribution < 1.29 is 23.4 Å². The number of benzene rings is 1. The average molecular weight is 593 g/mol. The minimum Gasteiger partial charge on any atom is -0.497 e. The molecule has 2 heterocycles. The Kier molecular flexibility index (Phi) is 9.50. The van der Waals surface area contributed by atoms with Crippen LogP contribution in [0.25, 0.3) is 0 Å². The van der Waals surface area contributed by atoms with E-state index in [1.54, 1.807) is 19.2 Å². The Morgan fingerprint density at radius 1 is 0.925 bits per heavy atom. The molecule has 1 aromatic heterocycles. The van der Waals surface area contributed by atoms with Crippen molar-refractivity contribution in [2.45, 2.75) is 109 Å². The van der Waals surface area contributed by atoms with Gasteiger partial charge in [-0.3, -0.25) is 13.9 Å². The molecule has 0 saturated carbocycles. The first kappa shape index (κ1) is 32.5. The summed E-state index contributed by atoms with van der Waals surface area (Å²) in [5, 5.41) is 11.4. The van der Waals surface area contributed by atoms with Crippen LogP contribution >= 0.6 is 0 Å². The molecule has 4 atom stereocenters. The van der Waals surface area contributed by atoms with Crippen molar-refractivity contribution in [2.24, 2.45) is 0 Å². The van der Waals surface area contributed by atoms with E-state index in [4.69, 9.17) is 18.3 Å². The van der Waals surface area contributed by atoms with Crippen LogP contribution in [-0.2, 0) is 20.1 Å². The highest BCUT2D eigenvalue weighted by Crippen LogP contribution is 2.42. The van der Waals surface area contributed by atoms with E-state index in [-0.39, 0.29) is 23.2 Å². The summed E-state index contributed by atoms with van der Waals surface area (Å²) in [6, 6.07) is 8.55. The molecule has 1 aliphatic rings. The summed E-state index contributed by atoms with van der Waals surface area (Å²) in [6.07, 6.45) is -2.00.